The third-order valence-corrected chi connectivity index (χ3v) is 2.10. The molecule has 0 aromatic carbocycles. The summed E-state index contributed by atoms with van der Waals surface area (Å²) in [5, 5.41) is 22.3. The summed E-state index contributed by atoms with van der Waals surface area (Å²) in [6.07, 6.45) is 0.815. The van der Waals surface area contributed by atoms with E-state index < -0.39 is 12.1 Å². The number of carbonyl (C=O) groups is 2. The van der Waals surface area contributed by atoms with Crippen molar-refractivity contribution < 1.29 is 19.8 Å². The van der Waals surface area contributed by atoms with Gasteiger partial charge in [-0.3, -0.25) is 9.59 Å². The molecule has 0 aliphatic carbocycles. The lowest BCUT2D eigenvalue weighted by atomic mass is 10.2. The molecule has 0 spiro atoms. The van der Waals surface area contributed by atoms with Crippen molar-refractivity contribution in [2.24, 2.45) is 0 Å². The third kappa shape index (κ3) is 2.68. The molecule has 0 bridgehead atoms. The predicted octanol–water partition coefficient (Wildman–Crippen LogP) is -2.27. The van der Waals surface area contributed by atoms with E-state index in [0.717, 1.165) is 0 Å². The number of aliphatic hydroxyl groups is 2. The highest BCUT2D eigenvalue weighted by molar-refractivity contribution is 5.90. The minimum Gasteiger partial charge on any atom is -0.394 e. The Morgan fingerprint density at radius 2 is 2.21 bits per heavy atom. The number of carbonyl (C=O) groups excluding carboxylic acids is 2. The highest BCUT2D eigenvalue weighted by Crippen LogP contribution is 2.06. The zero-order chi connectivity index (χ0) is 10.6. The lowest BCUT2D eigenvalue weighted by molar-refractivity contribution is -0.126. The summed E-state index contributed by atoms with van der Waals surface area (Å²) in [5.74, 6) is -0.501. The Balaban J connectivity index is 2.38. The SMILES string of the molecule is O=C1CC[C@H](C(=O)NC(CO)CO)N1. The molecule has 1 rings (SSSR count). The number of hydrogen-bond donors (Lipinski definition) is 4. The number of rotatable bonds is 4. The van der Waals surface area contributed by atoms with E-state index in [4.69, 9.17) is 10.2 Å². The minimum absolute atomic E-state index is 0.144. The normalized spacial score (nSPS) is 21.1. The molecule has 1 heterocycles. The maximum absolute atomic E-state index is 11.4. The van der Waals surface area contributed by atoms with Crippen LogP contribution in [0.3, 0.4) is 0 Å². The van der Waals surface area contributed by atoms with E-state index in [1.54, 1.807) is 0 Å². The fourth-order valence-electron chi connectivity index (χ4n) is 1.26. The van der Waals surface area contributed by atoms with Gasteiger partial charge in [-0.05, 0) is 6.42 Å². The number of hydrogen-bond acceptors (Lipinski definition) is 4. The van der Waals surface area contributed by atoms with Gasteiger partial charge in [-0.1, -0.05) is 0 Å². The molecule has 0 aromatic rings. The summed E-state index contributed by atoms with van der Waals surface area (Å²) in [4.78, 5) is 22.2. The van der Waals surface area contributed by atoms with Crippen molar-refractivity contribution in [1.82, 2.24) is 10.6 Å². The molecular formula is C8H14N2O4. The molecule has 14 heavy (non-hydrogen) atoms. The molecular weight excluding hydrogens is 188 g/mol. The van der Waals surface area contributed by atoms with E-state index in [1.807, 2.05) is 0 Å². The Bertz CT molecular complexity index is 227. The fourth-order valence-corrected chi connectivity index (χ4v) is 1.26. The summed E-state index contributed by atoms with van der Waals surface area (Å²) >= 11 is 0. The standard InChI is InChI=1S/C8H14N2O4/c11-3-5(4-12)9-8(14)6-1-2-7(13)10-6/h5-6,11-12H,1-4H2,(H,9,14)(H,10,13)/t6-/m1/s1. The second-order valence-corrected chi connectivity index (χ2v) is 3.23. The number of amides is 2. The first kappa shape index (κ1) is 10.9. The highest BCUT2D eigenvalue weighted by Gasteiger charge is 2.28. The Labute approximate surface area is 81.3 Å². The molecule has 0 radical (unpaired) electrons. The Kier molecular flexibility index (Phi) is 3.84. The van der Waals surface area contributed by atoms with E-state index in [1.165, 1.54) is 0 Å². The maximum atomic E-state index is 11.4. The van der Waals surface area contributed by atoms with Crippen LogP contribution in [0.2, 0.25) is 0 Å². The zero-order valence-electron chi connectivity index (χ0n) is 7.69. The van der Waals surface area contributed by atoms with Gasteiger partial charge >= 0.3 is 0 Å². The Morgan fingerprint density at radius 3 is 2.64 bits per heavy atom. The van der Waals surface area contributed by atoms with Crippen LogP contribution in [0.25, 0.3) is 0 Å². The van der Waals surface area contributed by atoms with Crippen molar-refractivity contribution in [2.75, 3.05) is 13.2 Å². The zero-order valence-corrected chi connectivity index (χ0v) is 7.69. The molecule has 6 heteroatoms. The molecule has 80 valence electrons. The van der Waals surface area contributed by atoms with Gasteiger partial charge < -0.3 is 20.8 Å². The Hall–Kier alpha value is -1.14. The number of nitrogens with one attached hydrogen (secondary N) is 2. The van der Waals surface area contributed by atoms with Crippen LogP contribution in [0.1, 0.15) is 12.8 Å². The van der Waals surface area contributed by atoms with Crippen molar-refractivity contribution in [2.45, 2.75) is 24.9 Å². The molecule has 2 amide bonds. The van der Waals surface area contributed by atoms with Crippen LogP contribution in [0.5, 0.6) is 0 Å². The topological polar surface area (TPSA) is 98.7 Å². The van der Waals surface area contributed by atoms with E-state index >= 15 is 0 Å². The van der Waals surface area contributed by atoms with E-state index in [0.29, 0.717) is 12.8 Å². The molecule has 1 aliphatic rings. The van der Waals surface area contributed by atoms with Gasteiger partial charge in [-0.15, -0.1) is 0 Å². The van der Waals surface area contributed by atoms with Crippen LogP contribution in [0.15, 0.2) is 0 Å². The molecule has 1 saturated heterocycles. The average Bonchev–Trinajstić information content (AvgIpc) is 2.61. The lowest BCUT2D eigenvalue weighted by Gasteiger charge is -2.16. The molecule has 4 N–H and O–H groups in total. The summed E-state index contributed by atoms with van der Waals surface area (Å²) in [5.41, 5.74) is 0. The molecule has 6 nitrogen and oxygen atoms in total. The van der Waals surface area contributed by atoms with Crippen LogP contribution >= 0.6 is 0 Å². The first-order valence-corrected chi connectivity index (χ1v) is 4.49. The van der Waals surface area contributed by atoms with Gasteiger partial charge in [0.2, 0.25) is 11.8 Å². The van der Waals surface area contributed by atoms with Crippen molar-refractivity contribution in [3.8, 4) is 0 Å². The van der Waals surface area contributed by atoms with Crippen molar-refractivity contribution in [3.05, 3.63) is 0 Å². The molecule has 1 atom stereocenters. The van der Waals surface area contributed by atoms with E-state index in [9.17, 15) is 9.59 Å². The summed E-state index contributed by atoms with van der Waals surface area (Å²) < 4.78 is 0. The second kappa shape index (κ2) is 4.92. The first-order valence-electron chi connectivity index (χ1n) is 4.49. The fraction of sp³-hybridized carbons (Fsp3) is 0.750. The first-order chi connectivity index (χ1) is 6.67. The second-order valence-electron chi connectivity index (χ2n) is 3.23. The molecule has 0 aromatic heterocycles. The lowest BCUT2D eigenvalue weighted by Crippen LogP contribution is -2.48. The van der Waals surface area contributed by atoms with E-state index in [2.05, 4.69) is 10.6 Å². The average molecular weight is 202 g/mol. The van der Waals surface area contributed by atoms with Gasteiger partial charge in [0.25, 0.3) is 0 Å². The van der Waals surface area contributed by atoms with Crippen LogP contribution in [0, 0.1) is 0 Å². The predicted molar refractivity (Wildman–Crippen MR) is 47.3 cm³/mol. The molecule has 1 fully saturated rings. The molecule has 1 aliphatic heterocycles. The third-order valence-electron chi connectivity index (χ3n) is 2.10. The van der Waals surface area contributed by atoms with Gasteiger partial charge in [0.1, 0.15) is 6.04 Å². The van der Waals surface area contributed by atoms with Crippen molar-refractivity contribution >= 4 is 11.8 Å². The summed E-state index contributed by atoms with van der Waals surface area (Å²) in [6.45, 7) is -0.633. The van der Waals surface area contributed by atoms with Gasteiger partial charge in [0.05, 0.1) is 19.3 Å². The van der Waals surface area contributed by atoms with E-state index in [-0.39, 0.29) is 25.0 Å². The van der Waals surface area contributed by atoms with Crippen LogP contribution in [0.4, 0.5) is 0 Å². The molecule has 0 saturated carbocycles. The molecule has 0 unspecified atom stereocenters. The van der Waals surface area contributed by atoms with Crippen molar-refractivity contribution in [3.63, 3.8) is 0 Å². The maximum Gasteiger partial charge on any atom is 0.242 e. The smallest absolute Gasteiger partial charge is 0.242 e. The van der Waals surface area contributed by atoms with Crippen LogP contribution < -0.4 is 10.6 Å². The van der Waals surface area contributed by atoms with Crippen LogP contribution in [-0.2, 0) is 9.59 Å². The number of aliphatic hydroxyl groups excluding tert-OH is 2. The van der Waals surface area contributed by atoms with Gasteiger partial charge in [-0.2, -0.15) is 0 Å². The summed E-state index contributed by atoms with van der Waals surface area (Å²) in [7, 11) is 0. The van der Waals surface area contributed by atoms with Crippen molar-refractivity contribution in [1.29, 1.82) is 0 Å². The summed E-state index contributed by atoms with van der Waals surface area (Å²) in [6, 6.07) is -1.18. The van der Waals surface area contributed by atoms with Gasteiger partial charge in [0, 0.05) is 6.42 Å². The van der Waals surface area contributed by atoms with Gasteiger partial charge in [-0.25, -0.2) is 0 Å². The van der Waals surface area contributed by atoms with Crippen LogP contribution in [-0.4, -0.2) is 47.3 Å². The largest absolute Gasteiger partial charge is 0.394 e. The van der Waals surface area contributed by atoms with Gasteiger partial charge in [0.15, 0.2) is 0 Å². The monoisotopic (exact) mass is 202 g/mol. The minimum atomic E-state index is -0.653. The Morgan fingerprint density at radius 1 is 1.57 bits per heavy atom. The quantitative estimate of drug-likeness (QED) is 0.413. The highest BCUT2D eigenvalue weighted by atomic mass is 16.3.